The Kier molecular flexibility index (Phi) is 4.91. The first-order valence-corrected chi connectivity index (χ1v) is 8.67. The number of halogens is 1. The van der Waals surface area contributed by atoms with Crippen molar-refractivity contribution in [2.24, 2.45) is 0 Å². The van der Waals surface area contributed by atoms with Gasteiger partial charge in [-0.3, -0.25) is 24.0 Å². The minimum absolute atomic E-state index is 0.0457. The lowest BCUT2D eigenvalue weighted by atomic mass is 10.1. The normalized spacial score (nSPS) is 15.6. The zero-order chi connectivity index (χ0) is 18.1. The Labute approximate surface area is 148 Å². The molecule has 1 aromatic heterocycles. The van der Waals surface area contributed by atoms with Gasteiger partial charge in [-0.15, -0.1) is 0 Å². The third kappa shape index (κ3) is 3.07. The average molecular weight is 367 g/mol. The number of piperidine rings is 1. The standard InChI is InChI=1S/C16H19ClN4O4/c1-2-7-19-14-12(8-11(21(24)25)9-13(14)17)15(22)20(16(19)23)10-3-5-18-6-4-10/h8-10,18H,2-7H2,1H3. The van der Waals surface area contributed by atoms with Crippen LogP contribution in [0.3, 0.4) is 0 Å². The highest BCUT2D eigenvalue weighted by Gasteiger charge is 2.24. The van der Waals surface area contributed by atoms with Crippen LogP contribution < -0.4 is 16.6 Å². The molecule has 2 aromatic rings. The van der Waals surface area contributed by atoms with E-state index >= 15 is 0 Å². The zero-order valence-electron chi connectivity index (χ0n) is 13.8. The molecule has 2 heterocycles. The highest BCUT2D eigenvalue weighted by atomic mass is 35.5. The Bertz CT molecular complexity index is 944. The summed E-state index contributed by atoms with van der Waals surface area (Å²) in [6.07, 6.45) is 2.00. The Hall–Kier alpha value is -2.19. The summed E-state index contributed by atoms with van der Waals surface area (Å²) in [5, 5.41) is 14.5. The van der Waals surface area contributed by atoms with E-state index in [2.05, 4.69) is 5.32 Å². The maximum absolute atomic E-state index is 13.0. The number of nitrogens with one attached hydrogen (secondary N) is 1. The summed E-state index contributed by atoms with van der Waals surface area (Å²) in [7, 11) is 0. The smallest absolute Gasteiger partial charge is 0.317 e. The van der Waals surface area contributed by atoms with Gasteiger partial charge in [-0.2, -0.15) is 0 Å². The predicted octanol–water partition coefficient (Wildman–Crippen LogP) is 2.06. The van der Waals surface area contributed by atoms with Crippen molar-refractivity contribution in [1.29, 1.82) is 0 Å². The third-order valence-corrected chi connectivity index (χ3v) is 4.82. The maximum Gasteiger partial charge on any atom is 0.331 e. The van der Waals surface area contributed by atoms with Crippen molar-refractivity contribution in [2.45, 2.75) is 38.8 Å². The summed E-state index contributed by atoms with van der Waals surface area (Å²) in [5.41, 5.74) is -0.894. The molecule has 0 amide bonds. The maximum atomic E-state index is 13.0. The van der Waals surface area contributed by atoms with Gasteiger partial charge < -0.3 is 5.32 Å². The molecule has 1 saturated heterocycles. The summed E-state index contributed by atoms with van der Waals surface area (Å²) >= 11 is 6.21. The second-order valence-electron chi connectivity index (χ2n) is 6.17. The number of aryl methyl sites for hydroxylation is 1. The molecule has 0 spiro atoms. The highest BCUT2D eigenvalue weighted by Crippen LogP contribution is 2.27. The molecule has 0 aliphatic carbocycles. The first-order valence-electron chi connectivity index (χ1n) is 8.29. The minimum atomic E-state index is -0.588. The Morgan fingerprint density at radius 2 is 2.00 bits per heavy atom. The van der Waals surface area contributed by atoms with E-state index < -0.39 is 16.2 Å². The summed E-state index contributed by atoms with van der Waals surface area (Å²) < 4.78 is 2.71. The lowest BCUT2D eigenvalue weighted by Gasteiger charge is -2.25. The van der Waals surface area contributed by atoms with Gasteiger partial charge in [0.1, 0.15) is 0 Å². The number of nitro benzene ring substituents is 1. The second kappa shape index (κ2) is 6.97. The molecule has 0 unspecified atom stereocenters. The van der Waals surface area contributed by atoms with Gasteiger partial charge in [0.05, 0.1) is 20.8 Å². The molecule has 8 nitrogen and oxygen atoms in total. The number of aromatic nitrogens is 2. The molecule has 0 atom stereocenters. The number of nitro groups is 1. The number of rotatable bonds is 4. The molecule has 0 radical (unpaired) electrons. The van der Waals surface area contributed by atoms with Gasteiger partial charge in [0, 0.05) is 24.7 Å². The van der Waals surface area contributed by atoms with E-state index in [0.717, 1.165) is 13.1 Å². The molecule has 134 valence electrons. The molecular formula is C16H19ClN4O4. The quantitative estimate of drug-likeness (QED) is 0.659. The van der Waals surface area contributed by atoms with Crippen molar-refractivity contribution in [1.82, 2.24) is 14.5 Å². The van der Waals surface area contributed by atoms with Gasteiger partial charge in [-0.25, -0.2) is 4.79 Å². The van der Waals surface area contributed by atoms with Crippen LogP contribution in [0.2, 0.25) is 5.02 Å². The highest BCUT2D eigenvalue weighted by molar-refractivity contribution is 6.35. The van der Waals surface area contributed by atoms with E-state index in [0.29, 0.717) is 25.8 Å². The van der Waals surface area contributed by atoms with Gasteiger partial charge >= 0.3 is 5.69 Å². The Balaban J connectivity index is 2.39. The summed E-state index contributed by atoms with van der Waals surface area (Å²) in [5.74, 6) is 0. The molecule has 3 rings (SSSR count). The molecule has 25 heavy (non-hydrogen) atoms. The van der Waals surface area contributed by atoms with Crippen molar-refractivity contribution in [3.05, 3.63) is 48.1 Å². The van der Waals surface area contributed by atoms with Gasteiger partial charge in [0.15, 0.2) is 0 Å². The van der Waals surface area contributed by atoms with Gasteiger partial charge in [-0.05, 0) is 32.4 Å². The first kappa shape index (κ1) is 17.6. The largest absolute Gasteiger partial charge is 0.331 e. The molecule has 0 bridgehead atoms. The van der Waals surface area contributed by atoms with Gasteiger partial charge in [-0.1, -0.05) is 18.5 Å². The fraction of sp³-hybridized carbons (Fsp3) is 0.500. The fourth-order valence-electron chi connectivity index (χ4n) is 3.39. The van der Waals surface area contributed by atoms with Crippen LogP contribution >= 0.6 is 11.6 Å². The fourth-order valence-corrected chi connectivity index (χ4v) is 3.70. The van der Waals surface area contributed by atoms with Gasteiger partial charge in [0.2, 0.25) is 0 Å². The Morgan fingerprint density at radius 1 is 1.32 bits per heavy atom. The van der Waals surface area contributed by atoms with Crippen LogP contribution in [0.4, 0.5) is 5.69 Å². The Morgan fingerprint density at radius 3 is 2.60 bits per heavy atom. The lowest BCUT2D eigenvalue weighted by Crippen LogP contribution is -2.45. The molecule has 0 saturated carbocycles. The van der Waals surface area contributed by atoms with Crippen LogP contribution in [-0.2, 0) is 6.54 Å². The van der Waals surface area contributed by atoms with E-state index in [-0.39, 0.29) is 27.7 Å². The van der Waals surface area contributed by atoms with Gasteiger partial charge in [0.25, 0.3) is 11.2 Å². The van der Waals surface area contributed by atoms with Crippen LogP contribution in [0.1, 0.15) is 32.2 Å². The van der Waals surface area contributed by atoms with E-state index in [1.165, 1.54) is 21.3 Å². The summed E-state index contributed by atoms with van der Waals surface area (Å²) in [4.78, 5) is 36.5. The molecular weight excluding hydrogens is 348 g/mol. The van der Waals surface area contributed by atoms with Crippen LogP contribution in [0.15, 0.2) is 21.7 Å². The lowest BCUT2D eigenvalue weighted by molar-refractivity contribution is -0.384. The zero-order valence-corrected chi connectivity index (χ0v) is 14.6. The number of non-ortho nitro benzene ring substituents is 1. The number of fused-ring (bicyclic) bond motifs is 1. The van der Waals surface area contributed by atoms with E-state index in [1.54, 1.807) is 0 Å². The first-order chi connectivity index (χ1) is 12.0. The monoisotopic (exact) mass is 366 g/mol. The molecule has 1 aliphatic rings. The van der Waals surface area contributed by atoms with Crippen molar-refractivity contribution in [3.63, 3.8) is 0 Å². The summed E-state index contributed by atoms with van der Waals surface area (Å²) in [6, 6.07) is 2.18. The van der Waals surface area contributed by atoms with Crippen LogP contribution in [-0.4, -0.2) is 27.1 Å². The van der Waals surface area contributed by atoms with Crippen LogP contribution in [0, 0.1) is 10.1 Å². The minimum Gasteiger partial charge on any atom is -0.317 e. The van der Waals surface area contributed by atoms with Crippen molar-refractivity contribution >= 4 is 28.2 Å². The number of hydrogen-bond donors (Lipinski definition) is 1. The SMILES string of the molecule is CCCn1c(=O)n(C2CCNCC2)c(=O)c2cc([N+](=O)[O-])cc(Cl)c21. The number of nitrogens with zero attached hydrogens (tertiary/aromatic N) is 3. The third-order valence-electron chi connectivity index (χ3n) is 4.54. The van der Waals surface area contributed by atoms with Crippen LogP contribution in [0.25, 0.3) is 10.9 Å². The average Bonchev–Trinajstić information content (AvgIpc) is 2.59. The summed E-state index contributed by atoms with van der Waals surface area (Å²) in [6.45, 7) is 3.74. The van der Waals surface area contributed by atoms with Crippen molar-refractivity contribution in [2.75, 3.05) is 13.1 Å². The van der Waals surface area contributed by atoms with E-state index in [4.69, 9.17) is 11.6 Å². The van der Waals surface area contributed by atoms with Crippen molar-refractivity contribution in [3.8, 4) is 0 Å². The molecule has 1 fully saturated rings. The van der Waals surface area contributed by atoms with E-state index in [1.807, 2.05) is 6.92 Å². The topological polar surface area (TPSA) is 99.2 Å². The number of hydrogen-bond acceptors (Lipinski definition) is 5. The molecule has 9 heteroatoms. The second-order valence-corrected chi connectivity index (χ2v) is 6.58. The predicted molar refractivity (Wildman–Crippen MR) is 95.6 cm³/mol. The van der Waals surface area contributed by atoms with Crippen molar-refractivity contribution < 1.29 is 4.92 Å². The molecule has 1 aliphatic heterocycles. The number of benzene rings is 1. The van der Waals surface area contributed by atoms with E-state index in [9.17, 15) is 19.7 Å². The molecule has 1 aromatic carbocycles. The van der Waals surface area contributed by atoms with Crippen LogP contribution in [0.5, 0.6) is 0 Å². The molecule has 1 N–H and O–H groups in total.